The van der Waals surface area contributed by atoms with Gasteiger partial charge in [-0.25, -0.2) is 0 Å². The lowest BCUT2D eigenvalue weighted by molar-refractivity contribution is 0.825. The summed E-state index contributed by atoms with van der Waals surface area (Å²) < 4.78 is 0. The molecule has 0 aromatic carbocycles. The third-order valence-corrected chi connectivity index (χ3v) is 4.72. The molecule has 0 aromatic rings. The lowest BCUT2D eigenvalue weighted by Crippen LogP contribution is -1.91. The van der Waals surface area contributed by atoms with Gasteiger partial charge >= 0.3 is 0 Å². The Balaban J connectivity index is 3.28. The lowest BCUT2D eigenvalue weighted by Gasteiger charge is -2.10. The van der Waals surface area contributed by atoms with Gasteiger partial charge in [0.25, 0.3) is 0 Å². The second kappa shape index (κ2) is 12.2. The Kier molecular flexibility index (Phi) is 10.6. The van der Waals surface area contributed by atoms with Crippen LogP contribution in [0.25, 0.3) is 0 Å². The topological polar surface area (TPSA) is 0 Å². The van der Waals surface area contributed by atoms with E-state index in [-0.39, 0.29) is 0 Å². The Morgan fingerprint density at radius 2 is 1.08 bits per heavy atom. The summed E-state index contributed by atoms with van der Waals surface area (Å²) in [6.07, 6.45) is 15.5. The van der Waals surface area contributed by atoms with Crippen LogP contribution in [-0.2, 0) is 0 Å². The molecule has 1 aliphatic rings. The van der Waals surface area contributed by atoms with E-state index in [1.807, 2.05) is 0 Å². The molecule has 0 saturated heterocycles. The van der Waals surface area contributed by atoms with Crippen molar-refractivity contribution in [3.63, 3.8) is 0 Å². The zero-order valence-corrected chi connectivity index (χ0v) is 16.9. The van der Waals surface area contributed by atoms with Gasteiger partial charge in [-0.05, 0) is 66.0 Å². The fraction of sp³-hybridized carbons (Fsp3) is 0.667. The van der Waals surface area contributed by atoms with Crippen molar-refractivity contribution in [2.24, 2.45) is 0 Å². The summed E-state index contributed by atoms with van der Waals surface area (Å²) >= 11 is 0. The van der Waals surface area contributed by atoms with Crippen molar-refractivity contribution in [2.75, 3.05) is 0 Å². The molecule has 0 aromatic heterocycles. The SMILES string of the molecule is CCCCC#CC=C1C(CCC)=C(CCC)C(CCC)=C1CCC. The van der Waals surface area contributed by atoms with Gasteiger partial charge in [0.15, 0.2) is 0 Å². The molecular weight excluding hydrogens is 288 g/mol. The van der Waals surface area contributed by atoms with Crippen LogP contribution in [0.4, 0.5) is 0 Å². The average Bonchev–Trinajstić information content (AvgIpc) is 2.83. The summed E-state index contributed by atoms with van der Waals surface area (Å²) in [7, 11) is 0. The first kappa shape index (κ1) is 20.8. The highest BCUT2D eigenvalue weighted by molar-refractivity contribution is 5.65. The molecule has 0 saturated carbocycles. The van der Waals surface area contributed by atoms with Crippen LogP contribution in [0.2, 0.25) is 0 Å². The standard InChI is InChI=1S/C24H38/c1-6-11-12-13-14-19-24-22(17-9-4)20(15-7-2)21(16-8-3)23(24)18-10-5/h19H,6-12,15-18H2,1-5H3. The molecular formula is C24H38. The Morgan fingerprint density at radius 1 is 0.625 bits per heavy atom. The van der Waals surface area contributed by atoms with E-state index in [0.29, 0.717) is 0 Å². The van der Waals surface area contributed by atoms with Gasteiger partial charge in [-0.2, -0.15) is 0 Å². The molecule has 0 spiro atoms. The highest BCUT2D eigenvalue weighted by Gasteiger charge is 2.26. The summed E-state index contributed by atoms with van der Waals surface area (Å²) in [5.74, 6) is 6.74. The van der Waals surface area contributed by atoms with Crippen LogP contribution in [0.15, 0.2) is 33.9 Å². The minimum Gasteiger partial charge on any atom is -0.0985 e. The predicted octanol–water partition coefficient (Wildman–Crippen LogP) is 7.91. The number of rotatable bonds is 10. The monoisotopic (exact) mass is 326 g/mol. The van der Waals surface area contributed by atoms with E-state index >= 15 is 0 Å². The van der Waals surface area contributed by atoms with Gasteiger partial charge < -0.3 is 0 Å². The molecule has 24 heavy (non-hydrogen) atoms. The first-order valence-electron chi connectivity index (χ1n) is 10.4. The molecule has 134 valence electrons. The van der Waals surface area contributed by atoms with E-state index in [9.17, 15) is 0 Å². The summed E-state index contributed by atoms with van der Waals surface area (Å²) in [6.45, 7) is 11.5. The largest absolute Gasteiger partial charge is 0.0985 e. The van der Waals surface area contributed by atoms with E-state index in [1.54, 1.807) is 22.3 Å². The zero-order valence-electron chi connectivity index (χ0n) is 16.9. The third-order valence-electron chi connectivity index (χ3n) is 4.72. The van der Waals surface area contributed by atoms with E-state index < -0.39 is 0 Å². The van der Waals surface area contributed by atoms with Crippen LogP contribution in [0.5, 0.6) is 0 Å². The van der Waals surface area contributed by atoms with Crippen LogP contribution in [0.1, 0.15) is 105 Å². The maximum atomic E-state index is 3.38. The van der Waals surface area contributed by atoms with Crippen molar-refractivity contribution < 1.29 is 0 Å². The van der Waals surface area contributed by atoms with Crippen molar-refractivity contribution in [3.8, 4) is 11.8 Å². The molecule has 1 aliphatic carbocycles. The van der Waals surface area contributed by atoms with Gasteiger partial charge in [-0.15, -0.1) is 0 Å². The van der Waals surface area contributed by atoms with Crippen LogP contribution in [0, 0.1) is 11.8 Å². The van der Waals surface area contributed by atoms with Crippen LogP contribution in [-0.4, -0.2) is 0 Å². The molecule has 0 bridgehead atoms. The quantitative estimate of drug-likeness (QED) is 0.282. The van der Waals surface area contributed by atoms with Crippen molar-refractivity contribution in [1.82, 2.24) is 0 Å². The molecule has 0 heteroatoms. The molecule has 0 nitrogen and oxygen atoms in total. The minimum atomic E-state index is 1.03. The van der Waals surface area contributed by atoms with E-state index in [4.69, 9.17) is 0 Å². The normalized spacial score (nSPS) is 14.3. The lowest BCUT2D eigenvalue weighted by atomic mass is 9.95. The predicted molar refractivity (Wildman–Crippen MR) is 109 cm³/mol. The number of unbranched alkanes of at least 4 members (excludes halogenated alkanes) is 2. The molecule has 0 unspecified atom stereocenters. The van der Waals surface area contributed by atoms with Gasteiger partial charge in [-0.1, -0.05) is 78.6 Å². The molecule has 0 heterocycles. The van der Waals surface area contributed by atoms with Crippen molar-refractivity contribution in [1.29, 1.82) is 0 Å². The van der Waals surface area contributed by atoms with E-state index in [0.717, 1.165) is 6.42 Å². The van der Waals surface area contributed by atoms with Crippen molar-refractivity contribution in [2.45, 2.75) is 105 Å². The fourth-order valence-electron chi connectivity index (χ4n) is 3.68. The van der Waals surface area contributed by atoms with Crippen LogP contribution < -0.4 is 0 Å². The van der Waals surface area contributed by atoms with Crippen LogP contribution >= 0.6 is 0 Å². The minimum absolute atomic E-state index is 1.03. The Hall–Kier alpha value is -1.22. The summed E-state index contributed by atoms with van der Waals surface area (Å²) in [6, 6.07) is 0. The Bertz CT molecular complexity index is 494. The number of allylic oxidation sites excluding steroid dienone is 6. The van der Waals surface area contributed by atoms with Gasteiger partial charge in [0.2, 0.25) is 0 Å². The highest BCUT2D eigenvalue weighted by atomic mass is 14.3. The van der Waals surface area contributed by atoms with Crippen molar-refractivity contribution in [3.05, 3.63) is 33.9 Å². The first-order valence-corrected chi connectivity index (χ1v) is 10.4. The van der Waals surface area contributed by atoms with Crippen LogP contribution in [0.3, 0.4) is 0 Å². The highest BCUT2D eigenvalue weighted by Crippen LogP contribution is 2.44. The van der Waals surface area contributed by atoms with E-state index in [1.165, 1.54) is 69.8 Å². The van der Waals surface area contributed by atoms with Crippen molar-refractivity contribution >= 4 is 0 Å². The van der Waals surface area contributed by atoms with Gasteiger partial charge in [0, 0.05) is 6.42 Å². The van der Waals surface area contributed by atoms with Gasteiger partial charge in [-0.3, -0.25) is 0 Å². The summed E-state index contributed by atoms with van der Waals surface area (Å²) in [5, 5.41) is 0. The van der Waals surface area contributed by atoms with Gasteiger partial charge in [0.1, 0.15) is 0 Å². The number of hydrogen-bond acceptors (Lipinski definition) is 0. The third kappa shape index (κ3) is 5.70. The van der Waals surface area contributed by atoms with E-state index in [2.05, 4.69) is 52.5 Å². The summed E-state index contributed by atoms with van der Waals surface area (Å²) in [5.41, 5.74) is 8.08. The van der Waals surface area contributed by atoms with Gasteiger partial charge in [0.05, 0.1) is 0 Å². The fourth-order valence-corrected chi connectivity index (χ4v) is 3.68. The second-order valence-electron chi connectivity index (χ2n) is 6.90. The second-order valence-corrected chi connectivity index (χ2v) is 6.90. The molecule has 0 fully saturated rings. The number of hydrogen-bond donors (Lipinski definition) is 0. The maximum absolute atomic E-state index is 3.38. The summed E-state index contributed by atoms with van der Waals surface area (Å²) in [4.78, 5) is 0. The maximum Gasteiger partial charge on any atom is 0.00921 e. The smallest absolute Gasteiger partial charge is 0.00921 e. The zero-order chi connectivity index (χ0) is 17.8. The Morgan fingerprint density at radius 3 is 1.50 bits per heavy atom. The molecule has 1 rings (SSSR count). The Labute approximate surface area is 151 Å². The molecule has 0 amide bonds. The molecule has 0 N–H and O–H groups in total. The first-order chi connectivity index (χ1) is 11.7. The average molecular weight is 327 g/mol. The molecule has 0 radical (unpaired) electrons. The molecule has 0 aliphatic heterocycles. The molecule has 0 atom stereocenters.